The minimum Gasteiger partial charge on any atom is -0.453 e. The Morgan fingerprint density at radius 1 is 1.16 bits per heavy atom. The van der Waals surface area contributed by atoms with Gasteiger partial charge in [0.15, 0.2) is 11.6 Å². The first-order chi connectivity index (χ1) is 15.2. The van der Waals surface area contributed by atoms with Gasteiger partial charge in [0, 0.05) is 46.6 Å². The quantitative estimate of drug-likeness (QED) is 0.256. The zero-order valence-electron chi connectivity index (χ0n) is 17.5. The monoisotopic (exact) mass is 432 g/mol. The summed E-state index contributed by atoms with van der Waals surface area (Å²) in [7, 11) is 0. The Bertz CT molecular complexity index is 1050. The fourth-order valence-electron chi connectivity index (χ4n) is 2.70. The van der Waals surface area contributed by atoms with E-state index in [1.807, 2.05) is 68.5 Å². The molecule has 0 aliphatic carbocycles. The molecule has 0 unspecified atom stereocenters. The first kappa shape index (κ1) is 22.2. The highest BCUT2D eigenvalue weighted by Crippen LogP contribution is 2.36. The Kier molecular flexibility index (Phi) is 8.37. The number of nitrogens with zero attached hydrogens (tertiary/aromatic N) is 3. The van der Waals surface area contributed by atoms with Gasteiger partial charge in [-0.1, -0.05) is 36.0 Å². The summed E-state index contributed by atoms with van der Waals surface area (Å²) in [4.78, 5) is 25.9. The number of amidine groups is 1. The summed E-state index contributed by atoms with van der Waals surface area (Å²) >= 11 is 1.57. The van der Waals surface area contributed by atoms with Crippen LogP contribution in [0, 0.1) is 0 Å². The molecule has 2 aromatic heterocycles. The van der Waals surface area contributed by atoms with E-state index in [9.17, 15) is 4.79 Å². The third-order valence-corrected chi connectivity index (χ3v) is 5.13. The molecular formula is C24H24N4O2S. The molecule has 3 rings (SSSR count). The molecule has 0 amide bonds. The Hall–Kier alpha value is -3.45. The van der Waals surface area contributed by atoms with Crippen LogP contribution in [0.2, 0.25) is 0 Å². The number of aldehydes is 1. The van der Waals surface area contributed by atoms with Crippen LogP contribution in [0.15, 0.2) is 93.7 Å². The van der Waals surface area contributed by atoms with Gasteiger partial charge in [-0.3, -0.25) is 4.98 Å². The maximum absolute atomic E-state index is 10.7. The number of nitrogens with one attached hydrogen (secondary N) is 1. The Balaban J connectivity index is 1.87. The van der Waals surface area contributed by atoms with Crippen molar-refractivity contribution in [3.05, 3.63) is 78.9 Å². The predicted molar refractivity (Wildman–Crippen MR) is 124 cm³/mol. The molecular weight excluding hydrogens is 408 g/mol. The van der Waals surface area contributed by atoms with Gasteiger partial charge in [0.25, 0.3) is 0 Å². The van der Waals surface area contributed by atoms with E-state index < -0.39 is 0 Å². The van der Waals surface area contributed by atoms with Crippen LogP contribution >= 0.6 is 11.8 Å². The molecule has 0 bridgehead atoms. The van der Waals surface area contributed by atoms with Crippen molar-refractivity contribution in [1.29, 1.82) is 0 Å². The highest BCUT2D eigenvalue weighted by atomic mass is 32.2. The van der Waals surface area contributed by atoms with Gasteiger partial charge in [-0.05, 0) is 44.5 Å². The van der Waals surface area contributed by atoms with Gasteiger partial charge >= 0.3 is 0 Å². The summed E-state index contributed by atoms with van der Waals surface area (Å²) in [6.07, 6.45) is 9.23. The maximum atomic E-state index is 10.7. The molecule has 0 spiro atoms. The number of carbonyl (C=O) groups excluding carboxylic acids is 1. The molecule has 6 nitrogen and oxygen atoms in total. The molecule has 0 atom stereocenters. The van der Waals surface area contributed by atoms with Crippen LogP contribution in [0.4, 0.5) is 5.82 Å². The van der Waals surface area contributed by atoms with Crippen molar-refractivity contribution < 1.29 is 9.53 Å². The SMILES string of the molecule is C/C=C(/CCC=O)N/C(C)=N/c1ncc(Sc2ccncc2)cc1Oc1ccccc1. The highest BCUT2D eigenvalue weighted by Gasteiger charge is 2.10. The van der Waals surface area contributed by atoms with Crippen molar-refractivity contribution in [3.8, 4) is 11.5 Å². The predicted octanol–water partition coefficient (Wildman–Crippen LogP) is 5.94. The van der Waals surface area contributed by atoms with Crippen molar-refractivity contribution in [3.63, 3.8) is 0 Å². The van der Waals surface area contributed by atoms with Crippen molar-refractivity contribution in [2.24, 2.45) is 4.99 Å². The number of pyridine rings is 2. The van der Waals surface area contributed by atoms with Crippen LogP contribution in [0.5, 0.6) is 11.5 Å². The third-order valence-electron chi connectivity index (χ3n) is 4.16. The van der Waals surface area contributed by atoms with E-state index in [2.05, 4.69) is 20.3 Å². The van der Waals surface area contributed by atoms with E-state index in [0.29, 0.717) is 36.0 Å². The summed E-state index contributed by atoms with van der Waals surface area (Å²) in [6, 6.07) is 15.4. The van der Waals surface area contributed by atoms with Crippen LogP contribution in [0.3, 0.4) is 0 Å². The third kappa shape index (κ3) is 7.08. The highest BCUT2D eigenvalue weighted by molar-refractivity contribution is 7.99. The molecule has 0 saturated heterocycles. The van der Waals surface area contributed by atoms with Gasteiger partial charge < -0.3 is 14.8 Å². The van der Waals surface area contributed by atoms with Crippen LogP contribution in [0.25, 0.3) is 0 Å². The summed E-state index contributed by atoms with van der Waals surface area (Å²) in [5.74, 6) is 2.40. The second-order valence-corrected chi connectivity index (χ2v) is 7.68. The van der Waals surface area contributed by atoms with Gasteiger partial charge in [-0.25, -0.2) is 9.98 Å². The lowest BCUT2D eigenvalue weighted by molar-refractivity contribution is -0.107. The van der Waals surface area contributed by atoms with E-state index in [1.165, 1.54) is 0 Å². The average molecular weight is 433 g/mol. The number of para-hydroxylation sites is 1. The molecule has 7 heteroatoms. The number of carbonyl (C=O) groups is 1. The molecule has 158 valence electrons. The van der Waals surface area contributed by atoms with Crippen LogP contribution in [-0.4, -0.2) is 22.1 Å². The number of hydrogen-bond acceptors (Lipinski definition) is 6. The molecule has 0 saturated carbocycles. The van der Waals surface area contributed by atoms with Crippen molar-refractivity contribution in [2.75, 3.05) is 0 Å². The maximum Gasteiger partial charge on any atom is 0.197 e. The zero-order chi connectivity index (χ0) is 21.9. The van der Waals surface area contributed by atoms with Gasteiger partial charge in [-0.2, -0.15) is 0 Å². The lowest BCUT2D eigenvalue weighted by atomic mass is 10.2. The number of aliphatic imine (C=N–C) groups is 1. The summed E-state index contributed by atoms with van der Waals surface area (Å²) in [5, 5.41) is 3.24. The topological polar surface area (TPSA) is 76.5 Å². The molecule has 1 N–H and O–H groups in total. The van der Waals surface area contributed by atoms with E-state index >= 15 is 0 Å². The van der Waals surface area contributed by atoms with Crippen LogP contribution in [0.1, 0.15) is 26.7 Å². The van der Waals surface area contributed by atoms with Crippen molar-refractivity contribution in [1.82, 2.24) is 15.3 Å². The van der Waals surface area contributed by atoms with Crippen LogP contribution in [-0.2, 0) is 4.79 Å². The molecule has 0 aliphatic heterocycles. The van der Waals surface area contributed by atoms with Gasteiger partial charge in [0.05, 0.1) is 0 Å². The second kappa shape index (κ2) is 11.7. The van der Waals surface area contributed by atoms with Gasteiger partial charge in [0.1, 0.15) is 17.9 Å². The fourth-order valence-corrected chi connectivity index (χ4v) is 3.51. The van der Waals surface area contributed by atoms with Gasteiger partial charge in [-0.15, -0.1) is 0 Å². The standard InChI is InChI=1S/C24H24N4O2S/c1-3-19(8-7-15-29)27-18(2)28-24-23(30-20-9-5-4-6-10-20)16-22(17-26-24)31-21-11-13-25-14-12-21/h3-6,9-17H,7-8H2,1-2H3,(H,26,27,28)/b19-3-. The zero-order valence-corrected chi connectivity index (χ0v) is 18.3. The number of rotatable bonds is 9. The minimum absolute atomic E-state index is 0.460. The number of aromatic nitrogens is 2. The molecule has 2 heterocycles. The Morgan fingerprint density at radius 3 is 2.65 bits per heavy atom. The minimum atomic E-state index is 0.460. The Labute approximate surface area is 186 Å². The largest absolute Gasteiger partial charge is 0.453 e. The first-order valence-corrected chi connectivity index (χ1v) is 10.7. The Morgan fingerprint density at radius 2 is 1.94 bits per heavy atom. The number of ether oxygens (including phenoxy) is 1. The van der Waals surface area contributed by atoms with E-state index in [-0.39, 0.29) is 0 Å². The lowest BCUT2D eigenvalue weighted by Crippen LogP contribution is -2.19. The fraction of sp³-hybridized carbons (Fsp3) is 0.167. The molecule has 1 aromatic carbocycles. The molecule has 0 aliphatic rings. The summed E-state index contributed by atoms with van der Waals surface area (Å²) in [5.41, 5.74) is 0.934. The van der Waals surface area contributed by atoms with Crippen LogP contribution < -0.4 is 10.1 Å². The molecule has 0 fully saturated rings. The van der Waals surface area contributed by atoms with E-state index in [0.717, 1.165) is 21.8 Å². The number of hydrogen-bond donors (Lipinski definition) is 1. The van der Waals surface area contributed by atoms with E-state index in [4.69, 9.17) is 4.74 Å². The molecule has 0 radical (unpaired) electrons. The van der Waals surface area contributed by atoms with E-state index in [1.54, 1.807) is 30.4 Å². The normalized spacial score (nSPS) is 11.8. The first-order valence-electron chi connectivity index (χ1n) is 9.90. The number of allylic oxidation sites excluding steroid dienone is 2. The molecule has 3 aromatic rings. The summed E-state index contributed by atoms with van der Waals surface area (Å²) in [6.45, 7) is 3.78. The second-order valence-electron chi connectivity index (χ2n) is 6.53. The van der Waals surface area contributed by atoms with Gasteiger partial charge in [0.2, 0.25) is 0 Å². The number of benzene rings is 1. The lowest BCUT2D eigenvalue weighted by Gasteiger charge is -2.12. The smallest absolute Gasteiger partial charge is 0.197 e. The summed E-state index contributed by atoms with van der Waals surface area (Å²) < 4.78 is 6.10. The van der Waals surface area contributed by atoms with Crippen molar-refractivity contribution in [2.45, 2.75) is 36.5 Å². The molecule has 31 heavy (non-hydrogen) atoms. The van der Waals surface area contributed by atoms with Crippen molar-refractivity contribution >= 4 is 29.7 Å². The average Bonchev–Trinajstić information content (AvgIpc) is 2.79.